The first-order chi connectivity index (χ1) is 14.8. The number of carboxylic acid groups (broad SMARTS) is 1. The number of halogens is 1. The highest BCUT2D eigenvalue weighted by Crippen LogP contribution is 2.24. The van der Waals surface area contributed by atoms with E-state index in [2.05, 4.69) is 5.32 Å². The maximum atomic E-state index is 13.0. The van der Waals surface area contributed by atoms with E-state index in [1.807, 2.05) is 0 Å². The van der Waals surface area contributed by atoms with Gasteiger partial charge in [-0.15, -0.1) is 0 Å². The van der Waals surface area contributed by atoms with Crippen LogP contribution in [0.4, 0.5) is 10.5 Å². The third-order valence-electron chi connectivity index (χ3n) is 4.63. The van der Waals surface area contributed by atoms with E-state index in [0.29, 0.717) is 16.4 Å². The second-order valence-corrected chi connectivity index (χ2v) is 7.03. The van der Waals surface area contributed by atoms with Crippen molar-refractivity contribution in [3.63, 3.8) is 0 Å². The molecule has 9 heteroatoms. The summed E-state index contributed by atoms with van der Waals surface area (Å²) in [5.41, 5.74) is 1.09. The summed E-state index contributed by atoms with van der Waals surface area (Å²) >= 11 is 5.87. The summed E-state index contributed by atoms with van der Waals surface area (Å²) in [5, 5.41) is 11.8. The second kappa shape index (κ2) is 7.92. The number of hydrogen-bond acceptors (Lipinski definition) is 4. The van der Waals surface area contributed by atoms with Gasteiger partial charge >= 0.3 is 12.0 Å². The molecule has 3 aromatic rings. The number of carbonyl (C=O) groups excluding carboxylic acids is 3. The molecule has 1 saturated heterocycles. The number of anilines is 1. The van der Waals surface area contributed by atoms with E-state index in [4.69, 9.17) is 11.6 Å². The van der Waals surface area contributed by atoms with Gasteiger partial charge in [-0.3, -0.25) is 14.9 Å². The number of hydrogen-bond donors (Lipinski definition) is 2. The number of nitrogens with zero attached hydrogens (tertiary/aromatic N) is 2. The molecule has 1 aliphatic rings. The monoisotopic (exact) mass is 435 g/mol. The number of carbonyl (C=O) groups is 4. The minimum atomic E-state index is -1.08. The van der Waals surface area contributed by atoms with Crippen LogP contribution in [-0.4, -0.2) is 33.5 Å². The number of aromatic carboxylic acids is 1. The zero-order valence-electron chi connectivity index (χ0n) is 15.8. The lowest BCUT2D eigenvalue weighted by Crippen LogP contribution is -2.54. The van der Waals surface area contributed by atoms with Gasteiger partial charge in [0.1, 0.15) is 5.57 Å². The Hall–Kier alpha value is -4.17. The molecule has 1 aliphatic heterocycles. The first-order valence-electron chi connectivity index (χ1n) is 9.03. The van der Waals surface area contributed by atoms with E-state index in [9.17, 15) is 24.3 Å². The normalized spacial score (nSPS) is 15.3. The van der Waals surface area contributed by atoms with Gasteiger partial charge in [0.25, 0.3) is 11.8 Å². The molecule has 0 bridgehead atoms. The summed E-state index contributed by atoms with van der Waals surface area (Å²) in [7, 11) is 0. The van der Waals surface area contributed by atoms with Crippen LogP contribution < -0.4 is 10.2 Å². The van der Waals surface area contributed by atoms with Crippen LogP contribution >= 0.6 is 11.6 Å². The number of aromatic nitrogens is 1. The van der Waals surface area contributed by atoms with Crippen LogP contribution in [0.5, 0.6) is 0 Å². The van der Waals surface area contributed by atoms with E-state index in [1.54, 1.807) is 35.0 Å². The van der Waals surface area contributed by atoms with Crippen LogP contribution in [0, 0.1) is 0 Å². The molecule has 0 unspecified atom stereocenters. The largest absolute Gasteiger partial charge is 0.478 e. The van der Waals surface area contributed by atoms with Crippen molar-refractivity contribution >= 4 is 47.2 Å². The smallest absolute Gasteiger partial charge is 0.335 e. The number of carboxylic acids is 1. The first kappa shape index (κ1) is 20.1. The van der Waals surface area contributed by atoms with E-state index in [-0.39, 0.29) is 16.8 Å². The van der Waals surface area contributed by atoms with Gasteiger partial charge in [0, 0.05) is 22.6 Å². The minimum absolute atomic E-state index is 0.0933. The average Bonchev–Trinajstić information content (AvgIpc) is 3.21. The molecular weight excluding hydrogens is 422 g/mol. The Balaban J connectivity index is 1.74. The van der Waals surface area contributed by atoms with E-state index < -0.39 is 23.8 Å². The highest BCUT2D eigenvalue weighted by atomic mass is 35.5. The molecule has 2 heterocycles. The van der Waals surface area contributed by atoms with Crippen molar-refractivity contribution < 1.29 is 24.3 Å². The average molecular weight is 436 g/mol. The molecular formula is C22H14ClN3O5. The van der Waals surface area contributed by atoms with Crippen molar-refractivity contribution in [3.8, 4) is 5.69 Å². The fourth-order valence-electron chi connectivity index (χ4n) is 3.17. The first-order valence-corrected chi connectivity index (χ1v) is 9.41. The standard InChI is InChI=1S/C22H14ClN3O5/c23-14-6-8-15(9-7-14)26-20(28)18(19(27)24-22(26)31)12-17-5-2-10-25(17)16-4-1-3-13(11-16)21(29)30/h1-12H,(H,29,30)(H,24,27,31)/b18-12+. The van der Waals surface area contributed by atoms with Gasteiger partial charge in [0.15, 0.2) is 0 Å². The van der Waals surface area contributed by atoms with Crippen LogP contribution in [0.25, 0.3) is 11.8 Å². The molecule has 1 aromatic heterocycles. The third kappa shape index (κ3) is 3.84. The van der Waals surface area contributed by atoms with E-state index in [1.165, 1.54) is 42.5 Å². The van der Waals surface area contributed by atoms with E-state index in [0.717, 1.165) is 4.90 Å². The highest BCUT2D eigenvalue weighted by molar-refractivity contribution is 6.39. The van der Waals surface area contributed by atoms with Crippen molar-refractivity contribution in [2.75, 3.05) is 4.90 Å². The maximum Gasteiger partial charge on any atom is 0.335 e. The number of urea groups is 1. The summed E-state index contributed by atoms with van der Waals surface area (Å²) in [4.78, 5) is 49.8. The number of benzene rings is 2. The number of rotatable bonds is 4. The van der Waals surface area contributed by atoms with Crippen LogP contribution in [0.2, 0.25) is 5.02 Å². The fourth-order valence-corrected chi connectivity index (χ4v) is 3.29. The Bertz CT molecular complexity index is 1260. The lowest BCUT2D eigenvalue weighted by atomic mass is 10.1. The maximum absolute atomic E-state index is 13.0. The predicted octanol–water partition coefficient (Wildman–Crippen LogP) is 3.50. The van der Waals surface area contributed by atoms with Gasteiger partial charge in [0.05, 0.1) is 11.3 Å². The molecule has 0 spiro atoms. The zero-order chi connectivity index (χ0) is 22.1. The van der Waals surface area contributed by atoms with Crippen LogP contribution in [0.3, 0.4) is 0 Å². The third-order valence-corrected chi connectivity index (χ3v) is 4.88. The Morgan fingerprint density at radius 3 is 2.42 bits per heavy atom. The summed E-state index contributed by atoms with van der Waals surface area (Å²) in [6.45, 7) is 0. The molecule has 0 saturated carbocycles. The van der Waals surface area contributed by atoms with Crippen LogP contribution in [0.15, 0.2) is 72.4 Å². The molecule has 0 radical (unpaired) electrons. The minimum Gasteiger partial charge on any atom is -0.478 e. The van der Waals surface area contributed by atoms with Crippen molar-refractivity contribution in [1.29, 1.82) is 0 Å². The molecule has 2 aromatic carbocycles. The Kier molecular flexibility index (Phi) is 5.14. The molecule has 154 valence electrons. The Morgan fingerprint density at radius 2 is 1.71 bits per heavy atom. The van der Waals surface area contributed by atoms with Crippen molar-refractivity contribution in [3.05, 3.63) is 88.7 Å². The number of imide groups is 2. The lowest BCUT2D eigenvalue weighted by Gasteiger charge is -2.26. The summed E-state index contributed by atoms with van der Waals surface area (Å²) < 4.78 is 1.63. The second-order valence-electron chi connectivity index (χ2n) is 6.59. The van der Waals surface area contributed by atoms with Crippen LogP contribution in [-0.2, 0) is 9.59 Å². The molecule has 1 fully saturated rings. The van der Waals surface area contributed by atoms with Gasteiger partial charge < -0.3 is 9.67 Å². The predicted molar refractivity (Wildman–Crippen MR) is 113 cm³/mol. The Labute approximate surface area is 181 Å². The van der Waals surface area contributed by atoms with Gasteiger partial charge in [-0.05, 0) is 60.7 Å². The summed E-state index contributed by atoms with van der Waals surface area (Å²) in [6.07, 6.45) is 3.02. The topological polar surface area (TPSA) is 109 Å². The number of amides is 4. The van der Waals surface area contributed by atoms with Crippen molar-refractivity contribution in [1.82, 2.24) is 9.88 Å². The van der Waals surface area contributed by atoms with Gasteiger partial charge in [0.2, 0.25) is 0 Å². The highest BCUT2D eigenvalue weighted by Gasteiger charge is 2.37. The molecule has 0 atom stereocenters. The molecule has 31 heavy (non-hydrogen) atoms. The molecule has 4 amide bonds. The quantitative estimate of drug-likeness (QED) is 0.481. The van der Waals surface area contributed by atoms with Crippen LogP contribution in [0.1, 0.15) is 16.1 Å². The number of nitrogens with one attached hydrogen (secondary N) is 1. The summed E-state index contributed by atoms with van der Waals surface area (Å²) in [6, 6.07) is 14.7. The SMILES string of the molecule is O=C1NC(=O)N(c2ccc(Cl)cc2)C(=O)/C1=C/c1cccn1-c1cccc(C(=O)O)c1. The molecule has 4 rings (SSSR count). The molecule has 0 aliphatic carbocycles. The fraction of sp³-hybridized carbons (Fsp3) is 0. The lowest BCUT2D eigenvalue weighted by molar-refractivity contribution is -0.122. The zero-order valence-corrected chi connectivity index (χ0v) is 16.5. The van der Waals surface area contributed by atoms with Crippen molar-refractivity contribution in [2.45, 2.75) is 0 Å². The van der Waals surface area contributed by atoms with E-state index >= 15 is 0 Å². The number of barbiturate groups is 1. The Morgan fingerprint density at radius 1 is 0.968 bits per heavy atom. The van der Waals surface area contributed by atoms with Gasteiger partial charge in [-0.25, -0.2) is 14.5 Å². The molecule has 2 N–H and O–H groups in total. The molecule has 8 nitrogen and oxygen atoms in total. The summed E-state index contributed by atoms with van der Waals surface area (Å²) in [5.74, 6) is -2.69. The van der Waals surface area contributed by atoms with Gasteiger partial charge in [-0.2, -0.15) is 0 Å². The van der Waals surface area contributed by atoms with Crippen molar-refractivity contribution in [2.24, 2.45) is 0 Å². The van der Waals surface area contributed by atoms with Gasteiger partial charge in [-0.1, -0.05) is 17.7 Å².